The maximum absolute atomic E-state index is 12.5. The number of carbonyl (C=O) groups is 1. The Morgan fingerprint density at radius 1 is 1.16 bits per heavy atom. The zero-order valence-electron chi connectivity index (χ0n) is 18.2. The highest BCUT2D eigenvalue weighted by molar-refractivity contribution is 7.16. The maximum atomic E-state index is 12.5. The van der Waals surface area contributed by atoms with Crippen molar-refractivity contribution in [2.45, 2.75) is 53.0 Å². The summed E-state index contributed by atoms with van der Waals surface area (Å²) in [6, 6.07) is 8.98. The molecular formula is C24H26N2O4S. The van der Waals surface area contributed by atoms with Gasteiger partial charge in [-0.3, -0.25) is 4.79 Å². The highest BCUT2D eigenvalue weighted by Crippen LogP contribution is 2.45. The van der Waals surface area contributed by atoms with Gasteiger partial charge in [-0.05, 0) is 44.9 Å². The second kappa shape index (κ2) is 9.06. The Labute approximate surface area is 185 Å². The average molecular weight is 439 g/mol. The lowest BCUT2D eigenvalue weighted by molar-refractivity contribution is -0.144. The van der Waals surface area contributed by atoms with Crippen LogP contribution in [0.15, 0.2) is 39.8 Å². The molecule has 1 aromatic carbocycles. The fourth-order valence-corrected chi connectivity index (χ4v) is 4.83. The van der Waals surface area contributed by atoms with Crippen LogP contribution in [-0.4, -0.2) is 23.6 Å². The summed E-state index contributed by atoms with van der Waals surface area (Å²) in [5, 5.41) is 4.19. The maximum Gasteiger partial charge on any atom is 0.308 e. The smallest absolute Gasteiger partial charge is 0.308 e. The highest BCUT2D eigenvalue weighted by atomic mass is 32.1. The normalized spacial score (nSPS) is 15.0. The monoisotopic (exact) mass is 438 g/mol. The van der Waals surface area contributed by atoms with Crippen molar-refractivity contribution in [3.63, 3.8) is 0 Å². The van der Waals surface area contributed by atoms with Crippen LogP contribution in [0, 0.1) is 20.8 Å². The van der Waals surface area contributed by atoms with Gasteiger partial charge in [-0.15, -0.1) is 11.3 Å². The van der Waals surface area contributed by atoms with E-state index in [4.69, 9.17) is 19.0 Å². The average Bonchev–Trinajstić information content (AvgIpc) is 3.23. The number of carbonyl (C=O) groups excluding carboxylic acids is 1. The van der Waals surface area contributed by atoms with E-state index in [1.54, 1.807) is 11.3 Å². The molecule has 0 saturated heterocycles. The van der Waals surface area contributed by atoms with Gasteiger partial charge < -0.3 is 14.0 Å². The number of fused-ring (bicyclic) bond motifs is 3. The minimum atomic E-state index is -0.566. The lowest BCUT2D eigenvalue weighted by Crippen LogP contribution is -2.15. The Bertz CT molecular complexity index is 1110. The zero-order valence-corrected chi connectivity index (χ0v) is 19.0. The van der Waals surface area contributed by atoms with Gasteiger partial charge in [0, 0.05) is 4.88 Å². The van der Waals surface area contributed by atoms with Crippen molar-refractivity contribution in [1.82, 2.24) is 5.16 Å². The molecule has 31 heavy (non-hydrogen) atoms. The molecule has 2 aromatic heterocycles. The number of benzene rings is 1. The standard InChI is InChI=1S/C24H26N2O4S/c1-5-6-12-28-19(27)13-18-22-21(15(3)26-30-22)23-20(14(2)16(4)31-23)24(25-18)29-17-10-8-7-9-11-17/h7-11,18H,5-6,12-13H2,1-4H3/t18-/m0/s1. The van der Waals surface area contributed by atoms with Crippen molar-refractivity contribution in [1.29, 1.82) is 0 Å². The molecule has 0 spiro atoms. The molecule has 1 aliphatic rings. The molecule has 0 N–H and O–H groups in total. The first-order valence-corrected chi connectivity index (χ1v) is 11.3. The Morgan fingerprint density at radius 3 is 2.68 bits per heavy atom. The van der Waals surface area contributed by atoms with E-state index < -0.39 is 6.04 Å². The summed E-state index contributed by atoms with van der Waals surface area (Å²) >= 11 is 1.67. The van der Waals surface area contributed by atoms with E-state index in [2.05, 4.69) is 25.9 Å². The topological polar surface area (TPSA) is 73.9 Å². The second-order valence-electron chi connectivity index (χ2n) is 7.64. The largest absolute Gasteiger partial charge is 0.466 e. The molecule has 0 radical (unpaired) electrons. The van der Waals surface area contributed by atoms with E-state index in [1.807, 2.05) is 37.3 Å². The molecule has 0 saturated carbocycles. The summed E-state index contributed by atoms with van der Waals surface area (Å²) in [4.78, 5) is 19.6. The number of aromatic nitrogens is 1. The van der Waals surface area contributed by atoms with Crippen molar-refractivity contribution in [3.8, 4) is 16.2 Å². The van der Waals surface area contributed by atoms with E-state index in [0.29, 0.717) is 24.0 Å². The molecular weight excluding hydrogens is 412 g/mol. The van der Waals surface area contributed by atoms with E-state index in [0.717, 1.165) is 40.1 Å². The Kier molecular flexibility index (Phi) is 6.23. The van der Waals surface area contributed by atoms with Gasteiger partial charge in [0.25, 0.3) is 0 Å². The van der Waals surface area contributed by atoms with Crippen molar-refractivity contribution in [2.75, 3.05) is 6.61 Å². The molecule has 6 nitrogen and oxygen atoms in total. The number of thiophene rings is 1. The van der Waals surface area contributed by atoms with Gasteiger partial charge in [0.1, 0.15) is 11.8 Å². The van der Waals surface area contributed by atoms with Crippen LogP contribution in [0.1, 0.15) is 59.7 Å². The van der Waals surface area contributed by atoms with Crippen LogP contribution in [0.3, 0.4) is 0 Å². The molecule has 0 aliphatic carbocycles. The van der Waals surface area contributed by atoms with Crippen molar-refractivity contribution in [3.05, 3.63) is 57.8 Å². The summed E-state index contributed by atoms with van der Waals surface area (Å²) in [5.74, 6) is 1.45. The number of aliphatic imine (C=N–C) groups is 1. The molecule has 3 heterocycles. The Morgan fingerprint density at radius 2 is 1.94 bits per heavy atom. The highest BCUT2D eigenvalue weighted by Gasteiger charge is 2.35. The first-order chi connectivity index (χ1) is 15.0. The van der Waals surface area contributed by atoms with Gasteiger partial charge in [0.15, 0.2) is 5.76 Å². The van der Waals surface area contributed by atoms with E-state index in [9.17, 15) is 4.79 Å². The number of unbranched alkanes of at least 4 members (excludes halogenated alkanes) is 1. The number of nitrogens with zero attached hydrogens (tertiary/aromatic N) is 2. The molecule has 0 amide bonds. The van der Waals surface area contributed by atoms with Crippen LogP contribution in [0.5, 0.6) is 5.75 Å². The molecule has 4 rings (SSSR count). The first-order valence-electron chi connectivity index (χ1n) is 10.5. The third-order valence-corrected chi connectivity index (χ3v) is 6.59. The third kappa shape index (κ3) is 4.28. The van der Waals surface area contributed by atoms with Crippen LogP contribution in [0.4, 0.5) is 0 Å². The third-order valence-electron chi connectivity index (χ3n) is 5.37. The molecule has 162 valence electrons. The van der Waals surface area contributed by atoms with Crippen LogP contribution in [-0.2, 0) is 9.53 Å². The number of aryl methyl sites for hydroxylation is 2. The second-order valence-corrected chi connectivity index (χ2v) is 8.86. The Balaban J connectivity index is 1.78. The van der Waals surface area contributed by atoms with Gasteiger partial charge in [0.05, 0.1) is 34.7 Å². The predicted octanol–water partition coefficient (Wildman–Crippen LogP) is 5.94. The van der Waals surface area contributed by atoms with Crippen molar-refractivity contribution < 1.29 is 18.8 Å². The van der Waals surface area contributed by atoms with E-state index in [1.165, 1.54) is 4.88 Å². The number of esters is 1. The number of hydrogen-bond donors (Lipinski definition) is 0. The molecule has 7 heteroatoms. The van der Waals surface area contributed by atoms with E-state index in [-0.39, 0.29) is 12.4 Å². The van der Waals surface area contributed by atoms with Gasteiger partial charge in [0.2, 0.25) is 5.90 Å². The molecule has 1 aliphatic heterocycles. The summed E-state index contributed by atoms with van der Waals surface area (Å²) in [6.45, 7) is 8.53. The van der Waals surface area contributed by atoms with Gasteiger partial charge in [-0.2, -0.15) is 0 Å². The lowest BCUT2D eigenvalue weighted by atomic mass is 10.0. The van der Waals surface area contributed by atoms with Crippen LogP contribution < -0.4 is 4.74 Å². The van der Waals surface area contributed by atoms with Gasteiger partial charge >= 0.3 is 5.97 Å². The summed E-state index contributed by atoms with van der Waals surface area (Å²) in [6.07, 6.45) is 1.87. The SMILES string of the molecule is CCCCOC(=O)C[C@@H]1N=C(Oc2ccccc2)c2c(sc(C)c2C)-c2c(C)noc21. The van der Waals surface area contributed by atoms with Crippen LogP contribution in [0.25, 0.3) is 10.4 Å². The Hall–Kier alpha value is -2.93. The predicted molar refractivity (Wildman–Crippen MR) is 121 cm³/mol. The zero-order chi connectivity index (χ0) is 22.0. The first kappa shape index (κ1) is 21.3. The fourth-order valence-electron chi connectivity index (χ4n) is 3.58. The summed E-state index contributed by atoms with van der Waals surface area (Å²) in [7, 11) is 0. The molecule has 0 unspecified atom stereocenters. The van der Waals surface area contributed by atoms with Crippen molar-refractivity contribution >= 4 is 23.2 Å². The van der Waals surface area contributed by atoms with Crippen LogP contribution in [0.2, 0.25) is 0 Å². The number of hydrogen-bond acceptors (Lipinski definition) is 7. The molecule has 1 atom stereocenters. The summed E-state index contributed by atoms with van der Waals surface area (Å²) in [5.41, 5.74) is 3.71. The van der Waals surface area contributed by atoms with Gasteiger partial charge in [-0.1, -0.05) is 36.7 Å². The number of ether oxygens (including phenoxy) is 2. The minimum absolute atomic E-state index is 0.0694. The fraction of sp³-hybridized carbons (Fsp3) is 0.375. The van der Waals surface area contributed by atoms with Gasteiger partial charge in [-0.25, -0.2) is 4.99 Å². The van der Waals surface area contributed by atoms with Crippen molar-refractivity contribution in [2.24, 2.45) is 4.99 Å². The molecule has 3 aromatic rings. The molecule has 0 bridgehead atoms. The lowest BCUT2D eigenvalue weighted by Gasteiger charge is -2.13. The molecule has 0 fully saturated rings. The number of rotatable bonds is 6. The summed E-state index contributed by atoms with van der Waals surface area (Å²) < 4.78 is 17.3. The minimum Gasteiger partial charge on any atom is -0.466 e. The van der Waals surface area contributed by atoms with E-state index >= 15 is 0 Å². The van der Waals surface area contributed by atoms with Crippen LogP contribution >= 0.6 is 11.3 Å². The number of para-hydroxylation sites is 1. The quantitative estimate of drug-likeness (QED) is 0.352.